The quantitative estimate of drug-likeness (QED) is 0.189. The van der Waals surface area contributed by atoms with Crippen LogP contribution in [0.5, 0.6) is 0 Å². The third-order valence-electron chi connectivity index (χ3n) is 12.0. The van der Waals surface area contributed by atoms with Crippen LogP contribution in [-0.2, 0) is 5.41 Å². The fraction of sp³-hybridized carbons (Fsp3) is 0.0566. The minimum absolute atomic E-state index is 0.0447. The van der Waals surface area contributed by atoms with Crippen LogP contribution in [0, 0.1) is 0 Å². The molecular weight excluding hydrogens is 665 g/mol. The summed E-state index contributed by atoms with van der Waals surface area (Å²) in [5.41, 5.74) is 15.9. The van der Waals surface area contributed by atoms with Crippen LogP contribution in [0.4, 0.5) is 11.4 Å². The molecule has 0 fully saturated rings. The molecule has 9 aromatic carbocycles. The predicted octanol–water partition coefficient (Wildman–Crippen LogP) is 14.5. The van der Waals surface area contributed by atoms with E-state index < -0.39 is 0 Å². The number of para-hydroxylation sites is 1. The zero-order valence-electron chi connectivity index (χ0n) is 30.8. The van der Waals surface area contributed by atoms with Crippen LogP contribution >= 0.6 is 0 Å². The highest BCUT2D eigenvalue weighted by atomic mass is 15.0. The maximum Gasteiger partial charge on any atom is 0.0541 e. The highest BCUT2D eigenvalue weighted by molar-refractivity contribution is 6.12. The van der Waals surface area contributed by atoms with Crippen molar-refractivity contribution in [3.05, 3.63) is 199 Å². The highest BCUT2D eigenvalue weighted by Gasteiger charge is 2.35. The van der Waals surface area contributed by atoms with E-state index >= 15 is 0 Å². The molecule has 2 nitrogen and oxygen atoms in total. The molecular formula is C53H38N2. The number of rotatable bonds is 5. The molecule has 0 unspecified atom stereocenters. The second kappa shape index (κ2) is 12.1. The lowest BCUT2D eigenvalue weighted by atomic mass is 9.82. The van der Waals surface area contributed by atoms with Crippen molar-refractivity contribution in [2.45, 2.75) is 19.3 Å². The summed E-state index contributed by atoms with van der Waals surface area (Å²) in [6, 6.07) is 69.1. The van der Waals surface area contributed by atoms with Gasteiger partial charge in [-0.1, -0.05) is 153 Å². The molecule has 11 rings (SSSR count). The lowest BCUT2D eigenvalue weighted by Gasteiger charge is -2.22. The van der Waals surface area contributed by atoms with E-state index in [9.17, 15) is 0 Å². The Hall–Kier alpha value is -6.90. The summed E-state index contributed by atoms with van der Waals surface area (Å²) < 4.78 is 2.43. The third kappa shape index (κ3) is 4.88. The Balaban J connectivity index is 1.10. The van der Waals surface area contributed by atoms with Crippen molar-refractivity contribution in [1.82, 2.24) is 4.57 Å². The Morgan fingerprint density at radius 3 is 1.85 bits per heavy atom. The van der Waals surface area contributed by atoms with Crippen molar-refractivity contribution in [2.24, 2.45) is 0 Å². The molecule has 0 saturated carbocycles. The number of hydrogen-bond acceptors (Lipinski definition) is 1. The number of nitrogens with zero attached hydrogens (tertiary/aromatic N) is 1. The molecule has 0 aliphatic heterocycles. The Kier molecular flexibility index (Phi) is 6.93. The van der Waals surface area contributed by atoms with Gasteiger partial charge >= 0.3 is 0 Å². The summed E-state index contributed by atoms with van der Waals surface area (Å²) in [6.45, 7) is 4.69. The van der Waals surface area contributed by atoms with Gasteiger partial charge in [-0.25, -0.2) is 0 Å². The average Bonchev–Trinajstić information content (AvgIpc) is 3.68. The van der Waals surface area contributed by atoms with Gasteiger partial charge < -0.3 is 9.88 Å². The molecule has 0 bridgehead atoms. The van der Waals surface area contributed by atoms with Crippen molar-refractivity contribution in [3.63, 3.8) is 0 Å². The molecule has 1 heterocycles. The van der Waals surface area contributed by atoms with Crippen LogP contribution in [0.2, 0.25) is 0 Å². The fourth-order valence-corrected chi connectivity index (χ4v) is 9.25. The molecule has 0 spiro atoms. The van der Waals surface area contributed by atoms with E-state index in [2.05, 4.69) is 212 Å². The van der Waals surface area contributed by atoms with Crippen LogP contribution in [0.3, 0.4) is 0 Å². The van der Waals surface area contributed by atoms with Crippen molar-refractivity contribution in [1.29, 1.82) is 0 Å². The van der Waals surface area contributed by atoms with Gasteiger partial charge in [0.15, 0.2) is 0 Å². The van der Waals surface area contributed by atoms with Gasteiger partial charge in [0, 0.05) is 43.9 Å². The molecule has 0 amide bonds. The molecule has 0 atom stereocenters. The molecule has 0 saturated heterocycles. The van der Waals surface area contributed by atoms with E-state index in [4.69, 9.17) is 0 Å². The second-order valence-corrected chi connectivity index (χ2v) is 15.4. The molecule has 1 N–H and O–H groups in total. The Morgan fingerprint density at radius 1 is 0.382 bits per heavy atom. The molecule has 1 aliphatic carbocycles. The number of fused-ring (bicyclic) bond motifs is 8. The number of benzene rings is 9. The van der Waals surface area contributed by atoms with Crippen LogP contribution in [0.25, 0.3) is 82.4 Å². The monoisotopic (exact) mass is 702 g/mol. The van der Waals surface area contributed by atoms with Crippen molar-refractivity contribution in [2.75, 3.05) is 5.32 Å². The van der Waals surface area contributed by atoms with Gasteiger partial charge in [-0.3, -0.25) is 0 Å². The van der Waals surface area contributed by atoms with E-state index in [1.165, 1.54) is 93.5 Å². The Bertz CT molecular complexity index is 3150. The van der Waals surface area contributed by atoms with Gasteiger partial charge in [-0.15, -0.1) is 0 Å². The average molecular weight is 703 g/mol. The van der Waals surface area contributed by atoms with E-state index in [0.29, 0.717) is 0 Å². The van der Waals surface area contributed by atoms with Gasteiger partial charge in [-0.05, 0) is 98.2 Å². The second-order valence-electron chi connectivity index (χ2n) is 15.4. The molecule has 0 radical (unpaired) electrons. The Labute approximate surface area is 321 Å². The van der Waals surface area contributed by atoms with Gasteiger partial charge in [0.1, 0.15) is 0 Å². The van der Waals surface area contributed by atoms with E-state index in [0.717, 1.165) is 11.4 Å². The number of nitrogens with one attached hydrogen (secondary N) is 1. The summed E-state index contributed by atoms with van der Waals surface area (Å²) in [5, 5.41) is 11.3. The maximum atomic E-state index is 3.88. The smallest absolute Gasteiger partial charge is 0.0541 e. The third-order valence-corrected chi connectivity index (χ3v) is 12.0. The van der Waals surface area contributed by atoms with Crippen molar-refractivity contribution in [3.8, 4) is 39.1 Å². The summed E-state index contributed by atoms with van der Waals surface area (Å²) in [5.74, 6) is 0. The SMILES string of the molecule is CC1(C)c2ccccc2-c2cc(-c3cc(-c4ccc5c(c4)c4ccccc4n5-c4cccc5ccccc45)ccc3Nc3cccc4ccccc34)ccc21. The molecule has 1 aliphatic rings. The first-order valence-corrected chi connectivity index (χ1v) is 19.2. The molecule has 2 heteroatoms. The first-order chi connectivity index (χ1) is 27.0. The number of hydrogen-bond donors (Lipinski definition) is 1. The van der Waals surface area contributed by atoms with Crippen LogP contribution in [-0.4, -0.2) is 4.57 Å². The first-order valence-electron chi connectivity index (χ1n) is 19.2. The minimum atomic E-state index is -0.0447. The first kappa shape index (κ1) is 31.6. The normalized spacial score (nSPS) is 13.1. The van der Waals surface area contributed by atoms with Gasteiger partial charge in [0.25, 0.3) is 0 Å². The van der Waals surface area contributed by atoms with E-state index in [-0.39, 0.29) is 5.41 Å². The molecule has 1 aromatic heterocycles. The zero-order valence-corrected chi connectivity index (χ0v) is 30.8. The lowest BCUT2D eigenvalue weighted by molar-refractivity contribution is 0.660. The number of anilines is 2. The summed E-state index contributed by atoms with van der Waals surface area (Å²) in [6.07, 6.45) is 0. The summed E-state index contributed by atoms with van der Waals surface area (Å²) in [7, 11) is 0. The van der Waals surface area contributed by atoms with Crippen LogP contribution < -0.4 is 5.32 Å². The zero-order chi connectivity index (χ0) is 36.7. The standard InChI is InChI=1S/C53H38N2/c1-53(2)46-21-9-7-19-41(46)44-33-38(25-28-47(44)53)43-31-36(26-29-49(43)54-48-22-11-15-34-13-3-5-17-39(34)48)37-27-30-52-45(32-37)42-20-8-10-23-51(42)55(52)50-24-12-16-35-14-4-6-18-40(35)50/h3-33,54H,1-2H3. The molecule has 260 valence electrons. The topological polar surface area (TPSA) is 17.0 Å². The van der Waals surface area contributed by atoms with Crippen LogP contribution in [0.15, 0.2) is 188 Å². The van der Waals surface area contributed by atoms with Gasteiger partial charge in [0.05, 0.1) is 16.7 Å². The maximum absolute atomic E-state index is 3.88. The summed E-state index contributed by atoms with van der Waals surface area (Å²) >= 11 is 0. The predicted molar refractivity (Wildman–Crippen MR) is 234 cm³/mol. The lowest BCUT2D eigenvalue weighted by Crippen LogP contribution is -2.14. The van der Waals surface area contributed by atoms with Crippen LogP contribution in [0.1, 0.15) is 25.0 Å². The Morgan fingerprint density at radius 2 is 0.982 bits per heavy atom. The van der Waals surface area contributed by atoms with Gasteiger partial charge in [0.2, 0.25) is 0 Å². The fourth-order valence-electron chi connectivity index (χ4n) is 9.25. The largest absolute Gasteiger partial charge is 0.355 e. The van der Waals surface area contributed by atoms with E-state index in [1.807, 2.05) is 0 Å². The summed E-state index contributed by atoms with van der Waals surface area (Å²) in [4.78, 5) is 0. The molecule has 10 aromatic rings. The number of aromatic nitrogens is 1. The van der Waals surface area contributed by atoms with E-state index in [1.54, 1.807) is 0 Å². The van der Waals surface area contributed by atoms with Crippen molar-refractivity contribution >= 4 is 54.7 Å². The van der Waals surface area contributed by atoms with Crippen molar-refractivity contribution < 1.29 is 0 Å². The molecule has 55 heavy (non-hydrogen) atoms. The highest BCUT2D eigenvalue weighted by Crippen LogP contribution is 2.50. The minimum Gasteiger partial charge on any atom is -0.355 e. The van der Waals surface area contributed by atoms with Gasteiger partial charge in [-0.2, -0.15) is 0 Å².